The van der Waals surface area contributed by atoms with Gasteiger partial charge in [0, 0.05) is 19.6 Å². The molecule has 33 heavy (non-hydrogen) atoms. The fraction of sp³-hybridized carbons (Fsp3) is 0.375. The van der Waals surface area contributed by atoms with Crippen molar-refractivity contribution in [3.63, 3.8) is 0 Å². The van der Waals surface area contributed by atoms with Crippen LogP contribution in [0.15, 0.2) is 60.7 Å². The summed E-state index contributed by atoms with van der Waals surface area (Å²) in [6.07, 6.45) is 6.23. The molecule has 176 valence electrons. The van der Waals surface area contributed by atoms with Gasteiger partial charge in [0.05, 0.1) is 18.6 Å². The second kappa shape index (κ2) is 11.6. The van der Waals surface area contributed by atoms with Crippen molar-refractivity contribution in [2.24, 2.45) is 0 Å². The first kappa shape index (κ1) is 24.5. The van der Waals surface area contributed by atoms with Gasteiger partial charge in [0.25, 0.3) is 11.8 Å². The lowest BCUT2D eigenvalue weighted by Gasteiger charge is -2.35. The smallest absolute Gasteiger partial charge is 0.265 e. The third-order valence-electron chi connectivity index (χ3n) is 5.26. The predicted molar refractivity (Wildman–Crippen MR) is 129 cm³/mol. The standard InChI is InChI=1S/C24H29N3O5S/c1-4-25-22(28)18(23(29)26(5-2)24(25)33)13-14-21-27(15-9-10-16-31-17-30-6-3)19-11-7-8-12-20(19)32-21/h6-8,11-14H,3-5,9-10,15-17H2,1-2H3/b21-14+. The van der Waals surface area contributed by atoms with Gasteiger partial charge in [-0.1, -0.05) is 18.7 Å². The Kier molecular flexibility index (Phi) is 8.62. The van der Waals surface area contributed by atoms with Crippen LogP contribution in [0.4, 0.5) is 5.69 Å². The first-order valence-electron chi connectivity index (χ1n) is 11.0. The fourth-order valence-electron chi connectivity index (χ4n) is 3.59. The van der Waals surface area contributed by atoms with E-state index in [-0.39, 0.29) is 17.5 Å². The molecule has 0 aromatic heterocycles. The number of unbranched alkanes of at least 4 members (excludes halogenated alkanes) is 1. The average molecular weight is 472 g/mol. The monoisotopic (exact) mass is 471 g/mol. The van der Waals surface area contributed by atoms with Crippen LogP contribution in [0.2, 0.25) is 0 Å². The van der Waals surface area contributed by atoms with Crippen LogP contribution in [0, 0.1) is 0 Å². The number of allylic oxidation sites excluding steroid dienone is 2. The molecule has 1 aromatic rings. The van der Waals surface area contributed by atoms with Gasteiger partial charge in [-0.05, 0) is 63.2 Å². The van der Waals surface area contributed by atoms with Crippen LogP contribution >= 0.6 is 12.2 Å². The van der Waals surface area contributed by atoms with Crippen LogP contribution in [0.1, 0.15) is 26.7 Å². The third kappa shape index (κ3) is 5.43. The van der Waals surface area contributed by atoms with E-state index in [0.29, 0.717) is 32.1 Å². The lowest BCUT2D eigenvalue weighted by atomic mass is 10.1. The molecule has 0 spiro atoms. The molecule has 2 aliphatic heterocycles. The van der Waals surface area contributed by atoms with Crippen LogP contribution in [0.5, 0.6) is 5.75 Å². The summed E-state index contributed by atoms with van der Waals surface area (Å²) in [7, 11) is 0. The zero-order valence-electron chi connectivity index (χ0n) is 19.0. The van der Waals surface area contributed by atoms with Gasteiger partial charge >= 0.3 is 0 Å². The normalized spacial score (nSPS) is 16.9. The predicted octanol–water partition coefficient (Wildman–Crippen LogP) is 3.56. The van der Waals surface area contributed by atoms with E-state index < -0.39 is 11.8 Å². The molecule has 1 aromatic carbocycles. The number of thiocarbonyl (C=S) groups is 1. The second-order valence-corrected chi connectivity index (χ2v) is 7.62. The lowest BCUT2D eigenvalue weighted by molar-refractivity contribution is -0.133. The maximum atomic E-state index is 12.9. The molecule has 0 N–H and O–H groups in total. The van der Waals surface area contributed by atoms with Crippen LogP contribution in [-0.4, -0.2) is 59.8 Å². The first-order chi connectivity index (χ1) is 16.0. The van der Waals surface area contributed by atoms with Crippen molar-refractivity contribution in [2.45, 2.75) is 26.7 Å². The molecule has 2 amide bonds. The van der Waals surface area contributed by atoms with E-state index in [2.05, 4.69) is 6.58 Å². The van der Waals surface area contributed by atoms with Crippen LogP contribution < -0.4 is 9.64 Å². The molecule has 0 atom stereocenters. The number of amides is 2. The molecule has 0 unspecified atom stereocenters. The van der Waals surface area contributed by atoms with E-state index in [1.165, 1.54) is 22.1 Å². The molecule has 9 heteroatoms. The quantitative estimate of drug-likeness (QED) is 0.122. The molecule has 2 aliphatic rings. The Labute approximate surface area is 199 Å². The summed E-state index contributed by atoms with van der Waals surface area (Å²) >= 11 is 5.32. The summed E-state index contributed by atoms with van der Waals surface area (Å²) in [4.78, 5) is 30.6. The number of likely N-dealkylation sites (N-methyl/N-ethyl adjacent to an activating group) is 2. The van der Waals surface area contributed by atoms with Crippen molar-refractivity contribution in [2.75, 3.05) is 37.9 Å². The molecule has 1 saturated heterocycles. The average Bonchev–Trinajstić information content (AvgIpc) is 3.16. The maximum absolute atomic E-state index is 12.9. The Bertz CT molecular complexity index is 947. The van der Waals surface area contributed by atoms with Crippen LogP contribution in [0.3, 0.4) is 0 Å². The maximum Gasteiger partial charge on any atom is 0.265 e. The van der Waals surface area contributed by atoms with E-state index in [4.69, 9.17) is 26.4 Å². The summed E-state index contributed by atoms with van der Waals surface area (Å²) in [6, 6.07) is 7.71. The Hall–Kier alpha value is -3.17. The Balaban J connectivity index is 1.77. The minimum Gasteiger partial charge on any atom is -0.476 e. The number of fused-ring (bicyclic) bond motifs is 1. The van der Waals surface area contributed by atoms with Crippen molar-refractivity contribution in [3.8, 4) is 5.75 Å². The van der Waals surface area contributed by atoms with Gasteiger partial charge in [-0.15, -0.1) is 0 Å². The zero-order chi connectivity index (χ0) is 23.8. The highest BCUT2D eigenvalue weighted by molar-refractivity contribution is 7.80. The molecular weight excluding hydrogens is 442 g/mol. The third-order valence-corrected chi connectivity index (χ3v) is 5.70. The molecule has 0 bridgehead atoms. The van der Waals surface area contributed by atoms with E-state index in [9.17, 15) is 9.59 Å². The Morgan fingerprint density at radius 2 is 1.73 bits per heavy atom. The minimum atomic E-state index is -0.394. The number of nitrogens with zero attached hydrogens (tertiary/aromatic N) is 3. The number of carbonyl (C=O) groups excluding carboxylic acids is 2. The Morgan fingerprint density at radius 1 is 1.03 bits per heavy atom. The topological polar surface area (TPSA) is 71.6 Å². The molecule has 0 saturated carbocycles. The number of hydrogen-bond acceptors (Lipinski definition) is 7. The van der Waals surface area contributed by atoms with Gasteiger partial charge in [0.15, 0.2) is 17.7 Å². The van der Waals surface area contributed by atoms with Gasteiger partial charge in [0.2, 0.25) is 5.88 Å². The number of para-hydroxylation sites is 2. The number of ether oxygens (including phenoxy) is 3. The summed E-state index contributed by atoms with van der Waals surface area (Å²) in [5, 5.41) is 0.242. The molecule has 1 fully saturated rings. The van der Waals surface area contributed by atoms with E-state index in [0.717, 1.165) is 24.3 Å². The molecule has 3 rings (SSSR count). The summed E-state index contributed by atoms with van der Waals surface area (Å²) in [5.74, 6) is 0.495. The van der Waals surface area contributed by atoms with Crippen LogP contribution in [0.25, 0.3) is 0 Å². The summed E-state index contributed by atoms with van der Waals surface area (Å²) in [5.41, 5.74) is 1.00. The van der Waals surface area contributed by atoms with E-state index >= 15 is 0 Å². The van der Waals surface area contributed by atoms with Crippen LogP contribution in [-0.2, 0) is 19.1 Å². The highest BCUT2D eigenvalue weighted by Crippen LogP contribution is 2.38. The van der Waals surface area contributed by atoms with Crippen molar-refractivity contribution in [1.82, 2.24) is 9.80 Å². The molecule has 2 heterocycles. The minimum absolute atomic E-state index is 0.0647. The number of anilines is 1. The Morgan fingerprint density at radius 3 is 2.39 bits per heavy atom. The zero-order valence-corrected chi connectivity index (χ0v) is 19.8. The highest BCUT2D eigenvalue weighted by atomic mass is 32.1. The number of benzene rings is 1. The number of rotatable bonds is 11. The molecular formula is C24H29N3O5S. The van der Waals surface area contributed by atoms with Gasteiger partial charge < -0.3 is 19.1 Å². The second-order valence-electron chi connectivity index (χ2n) is 7.25. The number of carbonyl (C=O) groups is 2. The van der Waals surface area contributed by atoms with Crippen molar-refractivity contribution < 1.29 is 23.8 Å². The SMILES string of the molecule is C=COCOCCCCN1/C(=C\C=C2C(=O)N(CC)C(=S)N(CC)C2=O)Oc2ccccc21. The van der Waals surface area contributed by atoms with Gasteiger partial charge in [0.1, 0.15) is 5.57 Å². The molecule has 0 aliphatic carbocycles. The summed E-state index contributed by atoms with van der Waals surface area (Å²) < 4.78 is 16.3. The van der Waals surface area contributed by atoms with Crippen molar-refractivity contribution in [3.05, 3.63) is 60.7 Å². The largest absolute Gasteiger partial charge is 0.476 e. The molecule has 8 nitrogen and oxygen atoms in total. The van der Waals surface area contributed by atoms with E-state index in [1.807, 2.05) is 43.0 Å². The van der Waals surface area contributed by atoms with Gasteiger partial charge in [-0.25, -0.2) is 0 Å². The van der Waals surface area contributed by atoms with Gasteiger partial charge in [-0.2, -0.15) is 0 Å². The van der Waals surface area contributed by atoms with Gasteiger partial charge in [-0.3, -0.25) is 19.4 Å². The fourth-order valence-corrected chi connectivity index (χ4v) is 4.02. The highest BCUT2D eigenvalue weighted by Gasteiger charge is 2.37. The number of hydrogen-bond donors (Lipinski definition) is 0. The van der Waals surface area contributed by atoms with Crippen molar-refractivity contribution in [1.29, 1.82) is 0 Å². The van der Waals surface area contributed by atoms with E-state index in [1.54, 1.807) is 6.08 Å². The molecule has 0 radical (unpaired) electrons. The summed E-state index contributed by atoms with van der Waals surface area (Å²) in [6.45, 7) is 9.35. The first-order valence-corrected chi connectivity index (χ1v) is 11.4. The van der Waals surface area contributed by atoms with Crippen molar-refractivity contribution >= 4 is 34.8 Å². The lowest BCUT2D eigenvalue weighted by Crippen LogP contribution is -2.55.